The van der Waals surface area contributed by atoms with E-state index in [-0.39, 0.29) is 0 Å². The highest BCUT2D eigenvalue weighted by atomic mass is 32.1. The Hall–Kier alpha value is -5.45. The molecule has 3 nitrogen and oxygen atoms in total. The first-order valence-corrected chi connectivity index (χ1v) is 15.2. The number of fused-ring (bicyclic) bond motifs is 9. The minimum Gasteiger partial charge on any atom is -0.208 e. The van der Waals surface area contributed by atoms with Crippen LogP contribution < -0.4 is 0 Å². The van der Waals surface area contributed by atoms with E-state index < -0.39 is 0 Å². The van der Waals surface area contributed by atoms with Gasteiger partial charge in [-0.2, -0.15) is 0 Å². The van der Waals surface area contributed by atoms with E-state index in [0.29, 0.717) is 17.5 Å². The van der Waals surface area contributed by atoms with Crippen LogP contribution in [-0.4, -0.2) is 15.0 Å². The predicted octanol–water partition coefficient (Wildman–Crippen LogP) is 10.7. The van der Waals surface area contributed by atoms with E-state index in [1.54, 1.807) is 0 Å². The fraction of sp³-hybridized carbons (Fsp3) is 0. The smallest absolute Gasteiger partial charge is 0.164 e. The molecule has 0 bridgehead atoms. The number of rotatable bonds is 3. The van der Waals surface area contributed by atoms with Gasteiger partial charge in [0.05, 0.1) is 0 Å². The summed E-state index contributed by atoms with van der Waals surface area (Å²) in [4.78, 5) is 15.1. The Morgan fingerprint density at radius 2 is 0.977 bits per heavy atom. The first-order valence-electron chi connectivity index (χ1n) is 14.4. The summed E-state index contributed by atoms with van der Waals surface area (Å²) < 4.78 is 2.61. The fourth-order valence-electron chi connectivity index (χ4n) is 6.30. The van der Waals surface area contributed by atoms with Crippen molar-refractivity contribution in [1.29, 1.82) is 0 Å². The minimum atomic E-state index is 0.666. The number of benzene rings is 7. The average Bonchev–Trinajstić information content (AvgIpc) is 3.48. The van der Waals surface area contributed by atoms with Crippen LogP contribution in [0.5, 0.6) is 0 Å². The maximum atomic E-state index is 5.11. The molecule has 0 radical (unpaired) electrons. The molecule has 0 saturated heterocycles. The second-order valence-corrected chi connectivity index (χ2v) is 11.9. The van der Waals surface area contributed by atoms with Crippen molar-refractivity contribution >= 4 is 63.8 Å². The standard InChI is InChI=1S/C39H23N3S/c1-3-12-25(13-4-1)37-40-38(26-14-5-2-6-15-26)42-39(41-37)32-23-27-16-8-9-17-28(27)34-30(32)21-22-33-35(34)31-20-19-24-11-7-10-18-29(24)36(31)43-33/h1-23H. The highest BCUT2D eigenvalue weighted by Gasteiger charge is 2.19. The number of aromatic nitrogens is 3. The lowest BCUT2D eigenvalue weighted by atomic mass is 9.93. The summed E-state index contributed by atoms with van der Waals surface area (Å²) in [6.07, 6.45) is 0. The van der Waals surface area contributed by atoms with Crippen molar-refractivity contribution in [1.82, 2.24) is 15.0 Å². The first kappa shape index (κ1) is 24.2. The second-order valence-electron chi connectivity index (χ2n) is 10.8. The number of hydrogen-bond acceptors (Lipinski definition) is 4. The van der Waals surface area contributed by atoms with E-state index >= 15 is 0 Å². The predicted molar refractivity (Wildman–Crippen MR) is 182 cm³/mol. The largest absolute Gasteiger partial charge is 0.208 e. The highest BCUT2D eigenvalue weighted by Crippen LogP contribution is 2.45. The molecule has 2 heterocycles. The molecule has 7 aromatic carbocycles. The van der Waals surface area contributed by atoms with Gasteiger partial charge in [-0.25, -0.2) is 15.0 Å². The Morgan fingerprint density at radius 3 is 1.70 bits per heavy atom. The van der Waals surface area contributed by atoms with Crippen LogP contribution in [0.1, 0.15) is 0 Å². The van der Waals surface area contributed by atoms with Gasteiger partial charge in [0.1, 0.15) is 0 Å². The molecule has 4 heteroatoms. The monoisotopic (exact) mass is 565 g/mol. The number of nitrogens with zero attached hydrogens (tertiary/aromatic N) is 3. The Kier molecular flexibility index (Phi) is 5.37. The Labute approximate surface area is 251 Å². The van der Waals surface area contributed by atoms with Crippen LogP contribution in [0.3, 0.4) is 0 Å². The Balaban J connectivity index is 1.41. The van der Waals surface area contributed by atoms with E-state index in [9.17, 15) is 0 Å². The molecule has 43 heavy (non-hydrogen) atoms. The summed E-state index contributed by atoms with van der Waals surface area (Å²) >= 11 is 1.87. The third-order valence-electron chi connectivity index (χ3n) is 8.29. The highest BCUT2D eigenvalue weighted by molar-refractivity contribution is 7.27. The average molecular weight is 566 g/mol. The van der Waals surface area contributed by atoms with Gasteiger partial charge in [-0.1, -0.05) is 127 Å². The third-order valence-corrected chi connectivity index (χ3v) is 9.49. The molecule has 0 amide bonds. The first-order chi connectivity index (χ1) is 21.3. The van der Waals surface area contributed by atoms with Crippen LogP contribution >= 0.6 is 11.3 Å². The summed E-state index contributed by atoms with van der Waals surface area (Å²) in [6.45, 7) is 0. The van der Waals surface area contributed by atoms with Gasteiger partial charge in [-0.05, 0) is 44.5 Å². The molecule has 0 fully saturated rings. The fourth-order valence-corrected chi connectivity index (χ4v) is 7.54. The zero-order chi connectivity index (χ0) is 28.3. The number of hydrogen-bond donors (Lipinski definition) is 0. The van der Waals surface area contributed by atoms with Crippen LogP contribution in [0, 0.1) is 0 Å². The van der Waals surface area contributed by atoms with Crippen LogP contribution in [0.25, 0.3) is 86.7 Å². The quantitative estimate of drug-likeness (QED) is 0.200. The zero-order valence-electron chi connectivity index (χ0n) is 23.0. The lowest BCUT2D eigenvalue weighted by Crippen LogP contribution is -2.00. The van der Waals surface area contributed by atoms with Gasteiger partial charge in [0.25, 0.3) is 0 Å². The van der Waals surface area contributed by atoms with E-state index in [1.807, 2.05) is 47.7 Å². The van der Waals surface area contributed by atoms with Gasteiger partial charge in [0.15, 0.2) is 17.5 Å². The molecule has 0 saturated carbocycles. The third kappa shape index (κ3) is 3.84. The van der Waals surface area contributed by atoms with Crippen LogP contribution in [0.2, 0.25) is 0 Å². The van der Waals surface area contributed by atoms with Crippen molar-refractivity contribution in [2.45, 2.75) is 0 Å². The van der Waals surface area contributed by atoms with E-state index in [2.05, 4.69) is 103 Å². The Bertz CT molecular complexity index is 2440. The molecular formula is C39H23N3S. The van der Waals surface area contributed by atoms with Gasteiger partial charge in [-0.3, -0.25) is 0 Å². The van der Waals surface area contributed by atoms with Gasteiger partial charge in [0, 0.05) is 36.9 Å². The molecule has 0 unspecified atom stereocenters. The summed E-state index contributed by atoms with van der Waals surface area (Å²) in [7, 11) is 0. The van der Waals surface area contributed by atoms with Crippen molar-refractivity contribution in [2.24, 2.45) is 0 Å². The van der Waals surface area contributed by atoms with Crippen LogP contribution in [0.4, 0.5) is 0 Å². The van der Waals surface area contributed by atoms with Crippen molar-refractivity contribution in [3.8, 4) is 34.2 Å². The van der Waals surface area contributed by atoms with Crippen molar-refractivity contribution in [3.05, 3.63) is 140 Å². The van der Waals surface area contributed by atoms with E-state index in [4.69, 9.17) is 15.0 Å². The molecule has 200 valence electrons. The normalized spacial score (nSPS) is 11.7. The maximum absolute atomic E-state index is 5.11. The minimum absolute atomic E-state index is 0.666. The molecule has 9 rings (SSSR count). The molecule has 0 spiro atoms. The zero-order valence-corrected chi connectivity index (χ0v) is 23.8. The lowest BCUT2D eigenvalue weighted by Gasteiger charge is -2.13. The van der Waals surface area contributed by atoms with Crippen molar-refractivity contribution < 1.29 is 0 Å². The van der Waals surface area contributed by atoms with Gasteiger partial charge < -0.3 is 0 Å². The molecule has 2 aromatic heterocycles. The summed E-state index contributed by atoms with van der Waals surface area (Å²) in [5.41, 5.74) is 2.94. The maximum Gasteiger partial charge on any atom is 0.164 e. The van der Waals surface area contributed by atoms with E-state index in [1.165, 1.54) is 47.1 Å². The lowest BCUT2D eigenvalue weighted by molar-refractivity contribution is 1.08. The summed E-state index contributed by atoms with van der Waals surface area (Å²) in [6, 6.07) is 49.0. The van der Waals surface area contributed by atoms with Gasteiger partial charge >= 0.3 is 0 Å². The van der Waals surface area contributed by atoms with Crippen LogP contribution in [0.15, 0.2) is 140 Å². The molecule has 0 aliphatic rings. The van der Waals surface area contributed by atoms with Crippen molar-refractivity contribution in [3.63, 3.8) is 0 Å². The summed E-state index contributed by atoms with van der Waals surface area (Å²) in [5, 5.41) is 9.94. The molecule has 0 aliphatic carbocycles. The number of thiophene rings is 1. The molecular weight excluding hydrogens is 543 g/mol. The van der Waals surface area contributed by atoms with E-state index in [0.717, 1.165) is 22.1 Å². The summed E-state index contributed by atoms with van der Waals surface area (Å²) in [5.74, 6) is 2.01. The second kappa shape index (κ2) is 9.55. The molecule has 0 atom stereocenters. The van der Waals surface area contributed by atoms with Gasteiger partial charge in [0.2, 0.25) is 0 Å². The topological polar surface area (TPSA) is 38.7 Å². The molecule has 0 aliphatic heterocycles. The SMILES string of the molecule is c1ccc(-c2nc(-c3ccccc3)nc(-c3cc4ccccc4c4c3ccc3sc5c6ccccc6ccc5c34)n2)cc1. The van der Waals surface area contributed by atoms with Crippen LogP contribution in [-0.2, 0) is 0 Å². The van der Waals surface area contributed by atoms with Crippen molar-refractivity contribution in [2.75, 3.05) is 0 Å². The van der Waals surface area contributed by atoms with Gasteiger partial charge in [-0.15, -0.1) is 11.3 Å². The Morgan fingerprint density at radius 1 is 0.395 bits per heavy atom. The molecule has 0 N–H and O–H groups in total. The molecule has 9 aromatic rings.